The summed E-state index contributed by atoms with van der Waals surface area (Å²) in [4.78, 5) is 4.84. The van der Waals surface area contributed by atoms with E-state index in [0.29, 0.717) is 34.4 Å². The highest BCUT2D eigenvalue weighted by atomic mass is 15.1. The second-order valence-corrected chi connectivity index (χ2v) is 9.62. The van der Waals surface area contributed by atoms with Crippen LogP contribution in [0.4, 0.5) is 0 Å². The Hall–Kier alpha value is -4.95. The van der Waals surface area contributed by atoms with Gasteiger partial charge < -0.3 is 0 Å². The lowest BCUT2D eigenvalue weighted by Gasteiger charge is -2.21. The molecule has 0 aliphatic carbocycles. The van der Waals surface area contributed by atoms with Gasteiger partial charge in [-0.25, -0.2) is 4.98 Å². The Bertz CT molecular complexity index is 2580. The van der Waals surface area contributed by atoms with Crippen LogP contribution in [0.25, 0.3) is 70.9 Å². The van der Waals surface area contributed by atoms with Crippen molar-refractivity contribution in [1.82, 2.24) is 9.55 Å². The quantitative estimate of drug-likeness (QED) is 0.172. The fraction of sp³-hybridized carbons (Fsp3) is 0.0541. The Balaban J connectivity index is 1.77. The molecule has 184 valence electrons. The van der Waals surface area contributed by atoms with E-state index in [4.69, 9.17) is 10.5 Å². The van der Waals surface area contributed by atoms with Crippen LogP contribution < -0.4 is 0 Å². The minimum Gasteiger partial charge on any atom is -0.295 e. The third kappa shape index (κ3) is 3.18. The van der Waals surface area contributed by atoms with Crippen molar-refractivity contribution in [3.05, 3.63) is 133 Å². The summed E-state index contributed by atoms with van der Waals surface area (Å²) in [5.41, 5.74) is 2.53. The minimum atomic E-state index is -0.430. The van der Waals surface area contributed by atoms with Crippen molar-refractivity contribution in [1.29, 1.82) is 0 Å². The van der Waals surface area contributed by atoms with E-state index in [1.54, 1.807) is 0 Å². The summed E-state index contributed by atoms with van der Waals surface area (Å²) in [5.74, 6) is 0.595. The average molecular weight is 507 g/mol. The normalized spacial score (nSPS) is 14.7. The van der Waals surface area contributed by atoms with E-state index in [1.807, 2.05) is 90.4 Å². The molecule has 39 heavy (non-hydrogen) atoms. The summed E-state index contributed by atoms with van der Waals surface area (Å²) in [7, 11) is 0. The van der Waals surface area contributed by atoms with Crippen LogP contribution in [0.5, 0.6) is 0 Å². The maximum Gasteiger partial charge on any atom is 0.114 e. The monoisotopic (exact) mass is 506 g/mol. The standard InChI is InChI=1S/C37H26N2/c1-2-35-38-33-21-11-12-22-34(33)39(35)37-30-19-9-7-17-28(30)36(29-18-8-10-20-31(29)37)32-23-24-13-3-4-14-25(24)26-15-5-6-16-27(26)32/h3-23H,2H2,1H3/i7D,8D,9D,10D,17D,18D,19D,20D. The van der Waals surface area contributed by atoms with E-state index < -0.39 is 24.2 Å². The second kappa shape index (κ2) is 8.54. The molecule has 2 nitrogen and oxygen atoms in total. The number of hydrogen-bond donors (Lipinski definition) is 0. The van der Waals surface area contributed by atoms with Crippen LogP contribution in [-0.4, -0.2) is 9.55 Å². The summed E-state index contributed by atoms with van der Waals surface area (Å²) in [6.07, 6.45) is 0.464. The zero-order chi connectivity index (χ0) is 32.9. The first-order valence-corrected chi connectivity index (χ1v) is 13.0. The summed E-state index contributed by atoms with van der Waals surface area (Å²) in [6.45, 7) is 1.93. The number of hydrogen-bond acceptors (Lipinski definition) is 1. The molecule has 8 aromatic rings. The lowest BCUT2D eigenvalue weighted by atomic mass is 9.86. The van der Waals surface area contributed by atoms with E-state index in [2.05, 4.69) is 0 Å². The Morgan fingerprint density at radius 3 is 1.95 bits per heavy atom. The highest BCUT2D eigenvalue weighted by Gasteiger charge is 2.21. The van der Waals surface area contributed by atoms with Crippen molar-refractivity contribution in [2.45, 2.75) is 13.3 Å². The maximum atomic E-state index is 9.36. The van der Waals surface area contributed by atoms with Crippen LogP contribution in [-0.2, 0) is 6.42 Å². The molecule has 0 N–H and O–H groups in total. The molecule has 0 unspecified atom stereocenters. The van der Waals surface area contributed by atoms with Gasteiger partial charge in [0.1, 0.15) is 5.82 Å². The molecule has 0 radical (unpaired) electrons. The highest BCUT2D eigenvalue weighted by Crippen LogP contribution is 2.45. The first-order chi connectivity index (χ1) is 22.6. The van der Waals surface area contributed by atoms with Gasteiger partial charge in [0, 0.05) is 17.2 Å². The van der Waals surface area contributed by atoms with Crippen molar-refractivity contribution < 1.29 is 11.0 Å². The molecule has 0 saturated carbocycles. The Morgan fingerprint density at radius 2 is 1.23 bits per heavy atom. The van der Waals surface area contributed by atoms with Gasteiger partial charge in [-0.1, -0.05) is 116 Å². The van der Waals surface area contributed by atoms with Crippen molar-refractivity contribution >= 4 is 54.1 Å². The molecule has 1 heterocycles. The maximum absolute atomic E-state index is 9.36. The SMILES string of the molecule is [2H]c1c([2H])c([2H])c2c(-n3c(CC)nc4ccccc43)c3c([2H])c([2H])c([2H])c([2H])c3c(-c3cc4ccccc4c4ccccc34)c2c1[2H]. The molecule has 0 fully saturated rings. The average Bonchev–Trinajstić information content (AvgIpc) is 3.48. The smallest absolute Gasteiger partial charge is 0.114 e. The first kappa shape index (κ1) is 15.5. The highest BCUT2D eigenvalue weighted by molar-refractivity contribution is 6.24. The lowest BCUT2D eigenvalue weighted by molar-refractivity contribution is 0.917. The zero-order valence-corrected chi connectivity index (χ0v) is 21.1. The molecule has 1 aromatic heterocycles. The van der Waals surface area contributed by atoms with Crippen LogP contribution in [0, 0.1) is 0 Å². The van der Waals surface area contributed by atoms with Gasteiger partial charge in [-0.2, -0.15) is 0 Å². The van der Waals surface area contributed by atoms with E-state index in [1.165, 1.54) is 0 Å². The topological polar surface area (TPSA) is 17.8 Å². The number of para-hydroxylation sites is 2. The van der Waals surface area contributed by atoms with Gasteiger partial charge >= 0.3 is 0 Å². The number of rotatable bonds is 3. The van der Waals surface area contributed by atoms with Gasteiger partial charge in [0.15, 0.2) is 0 Å². The summed E-state index contributed by atoms with van der Waals surface area (Å²) >= 11 is 0. The minimum absolute atomic E-state index is 0.165. The summed E-state index contributed by atoms with van der Waals surface area (Å²) < 4.78 is 74.3. The van der Waals surface area contributed by atoms with Crippen molar-refractivity contribution in [3.63, 3.8) is 0 Å². The fourth-order valence-corrected chi connectivity index (χ4v) is 5.92. The van der Waals surface area contributed by atoms with E-state index in [9.17, 15) is 5.48 Å². The van der Waals surface area contributed by atoms with Gasteiger partial charge in [-0.05, 0) is 61.6 Å². The zero-order valence-electron chi connectivity index (χ0n) is 29.1. The van der Waals surface area contributed by atoms with Gasteiger partial charge in [-0.3, -0.25) is 4.57 Å². The van der Waals surface area contributed by atoms with Crippen molar-refractivity contribution in [2.24, 2.45) is 0 Å². The molecule has 0 saturated heterocycles. The van der Waals surface area contributed by atoms with Crippen LogP contribution in [0.3, 0.4) is 0 Å². The molecule has 0 amide bonds. The number of aromatic nitrogens is 2. The predicted octanol–water partition coefficient (Wildman–Crippen LogP) is 9.87. The van der Waals surface area contributed by atoms with E-state index in [-0.39, 0.29) is 51.4 Å². The number of benzene rings is 7. The molecule has 0 spiro atoms. The Morgan fingerprint density at radius 1 is 0.641 bits per heavy atom. The molecule has 0 aliphatic rings. The number of imidazole rings is 1. The predicted molar refractivity (Wildman–Crippen MR) is 166 cm³/mol. The van der Waals surface area contributed by atoms with Crippen LogP contribution in [0.2, 0.25) is 0 Å². The van der Waals surface area contributed by atoms with E-state index >= 15 is 0 Å². The second-order valence-electron chi connectivity index (χ2n) is 9.62. The van der Waals surface area contributed by atoms with Gasteiger partial charge in [0.05, 0.1) is 27.7 Å². The molecule has 0 aliphatic heterocycles. The van der Waals surface area contributed by atoms with Crippen molar-refractivity contribution in [2.75, 3.05) is 0 Å². The van der Waals surface area contributed by atoms with Crippen LogP contribution in [0.15, 0.2) is 127 Å². The fourth-order valence-electron chi connectivity index (χ4n) is 5.92. The Labute approximate surface area is 238 Å². The number of fused-ring (bicyclic) bond motifs is 6. The molecule has 2 heteroatoms. The molecular weight excluding hydrogens is 472 g/mol. The third-order valence-corrected chi connectivity index (χ3v) is 7.56. The first-order valence-electron chi connectivity index (χ1n) is 17.0. The molecular formula is C37H26N2. The largest absolute Gasteiger partial charge is 0.295 e. The van der Waals surface area contributed by atoms with Gasteiger partial charge in [-0.15, -0.1) is 0 Å². The van der Waals surface area contributed by atoms with Crippen LogP contribution in [0.1, 0.15) is 23.7 Å². The van der Waals surface area contributed by atoms with Crippen LogP contribution >= 0.6 is 0 Å². The third-order valence-electron chi connectivity index (χ3n) is 7.56. The molecule has 0 atom stereocenters. The Kier molecular flexibility index (Phi) is 3.39. The number of aryl methyl sites for hydroxylation is 1. The molecule has 8 rings (SSSR count). The summed E-state index contributed by atoms with van der Waals surface area (Å²) in [6, 6.07) is 22.2. The molecule has 7 aromatic carbocycles. The number of nitrogens with zero attached hydrogens (tertiary/aromatic N) is 2. The van der Waals surface area contributed by atoms with E-state index in [0.717, 1.165) is 21.5 Å². The van der Waals surface area contributed by atoms with Gasteiger partial charge in [0.25, 0.3) is 0 Å². The lowest BCUT2D eigenvalue weighted by Crippen LogP contribution is -2.03. The van der Waals surface area contributed by atoms with Crippen molar-refractivity contribution in [3.8, 4) is 16.8 Å². The molecule has 0 bridgehead atoms. The van der Waals surface area contributed by atoms with Gasteiger partial charge in [0.2, 0.25) is 0 Å². The summed E-state index contributed by atoms with van der Waals surface area (Å²) in [5, 5.41) is 4.30.